The van der Waals surface area contributed by atoms with Crippen molar-refractivity contribution in [1.29, 1.82) is 0 Å². The highest BCUT2D eigenvalue weighted by Gasteiger charge is 2.17. The summed E-state index contributed by atoms with van der Waals surface area (Å²) in [5.74, 6) is -0.147. The van der Waals surface area contributed by atoms with Crippen LogP contribution in [-0.4, -0.2) is 17.5 Å². The van der Waals surface area contributed by atoms with Crippen LogP contribution in [0.25, 0.3) is 0 Å². The summed E-state index contributed by atoms with van der Waals surface area (Å²) in [6.45, 7) is 1.93. The molecule has 4 heteroatoms. The first-order valence-corrected chi connectivity index (χ1v) is 8.65. The number of nitrogens with zero attached hydrogens (tertiary/aromatic N) is 1. The SMILES string of the molecule is C[C@H](NC(=O)COC(c1ccccc1)c1ccccc1)c1ccncc1. The summed E-state index contributed by atoms with van der Waals surface area (Å²) < 4.78 is 5.99. The Hall–Kier alpha value is -2.98. The Balaban J connectivity index is 1.65. The maximum atomic E-state index is 12.3. The number of carbonyl (C=O) groups excluding carboxylic acids is 1. The topological polar surface area (TPSA) is 51.2 Å². The van der Waals surface area contributed by atoms with Crippen LogP contribution >= 0.6 is 0 Å². The van der Waals surface area contributed by atoms with Gasteiger partial charge in [-0.1, -0.05) is 60.7 Å². The van der Waals surface area contributed by atoms with Crippen LogP contribution < -0.4 is 5.32 Å². The zero-order valence-corrected chi connectivity index (χ0v) is 14.7. The maximum absolute atomic E-state index is 12.3. The molecule has 0 spiro atoms. The highest BCUT2D eigenvalue weighted by Crippen LogP contribution is 2.25. The van der Waals surface area contributed by atoms with Gasteiger partial charge in [0.25, 0.3) is 0 Å². The fraction of sp³-hybridized carbons (Fsp3) is 0.182. The Kier molecular flexibility index (Phi) is 6.12. The number of pyridine rings is 1. The van der Waals surface area contributed by atoms with Gasteiger partial charge >= 0.3 is 0 Å². The van der Waals surface area contributed by atoms with E-state index in [1.807, 2.05) is 79.7 Å². The number of carbonyl (C=O) groups is 1. The van der Waals surface area contributed by atoms with Gasteiger partial charge in [0.15, 0.2) is 0 Å². The molecule has 1 N–H and O–H groups in total. The number of ether oxygens (including phenoxy) is 1. The van der Waals surface area contributed by atoms with Gasteiger partial charge in [0.2, 0.25) is 5.91 Å². The predicted octanol–water partition coefficient (Wildman–Crippen LogP) is 4.07. The lowest BCUT2D eigenvalue weighted by Gasteiger charge is -2.20. The van der Waals surface area contributed by atoms with E-state index in [1.165, 1.54) is 0 Å². The average Bonchev–Trinajstić information content (AvgIpc) is 2.70. The third-order valence-electron chi connectivity index (χ3n) is 4.17. The predicted molar refractivity (Wildman–Crippen MR) is 101 cm³/mol. The van der Waals surface area contributed by atoms with E-state index in [0.717, 1.165) is 16.7 Å². The molecular weight excluding hydrogens is 324 g/mol. The van der Waals surface area contributed by atoms with Gasteiger partial charge in [-0.3, -0.25) is 9.78 Å². The second-order valence-electron chi connectivity index (χ2n) is 6.08. The van der Waals surface area contributed by atoms with Crippen molar-refractivity contribution in [2.24, 2.45) is 0 Å². The Morgan fingerprint density at radius 1 is 0.885 bits per heavy atom. The number of hydrogen-bond acceptors (Lipinski definition) is 3. The summed E-state index contributed by atoms with van der Waals surface area (Å²) in [5, 5.41) is 2.96. The summed E-state index contributed by atoms with van der Waals surface area (Å²) in [5.41, 5.74) is 3.05. The van der Waals surface area contributed by atoms with Crippen molar-refractivity contribution in [3.63, 3.8) is 0 Å². The van der Waals surface area contributed by atoms with E-state index < -0.39 is 0 Å². The third kappa shape index (κ3) is 4.77. The summed E-state index contributed by atoms with van der Waals surface area (Å²) in [6.07, 6.45) is 3.16. The number of nitrogens with one attached hydrogen (secondary N) is 1. The van der Waals surface area contributed by atoms with Gasteiger partial charge in [0.1, 0.15) is 12.7 Å². The zero-order chi connectivity index (χ0) is 18.2. The van der Waals surface area contributed by atoms with Crippen molar-refractivity contribution >= 4 is 5.91 Å². The summed E-state index contributed by atoms with van der Waals surface area (Å²) in [7, 11) is 0. The van der Waals surface area contributed by atoms with Crippen LogP contribution in [0.4, 0.5) is 0 Å². The highest BCUT2D eigenvalue weighted by atomic mass is 16.5. The third-order valence-corrected chi connectivity index (χ3v) is 4.17. The molecule has 0 saturated carbocycles. The second kappa shape index (κ2) is 8.92. The number of benzene rings is 2. The number of amides is 1. The Morgan fingerprint density at radius 2 is 1.42 bits per heavy atom. The minimum absolute atomic E-state index is 0.0100. The van der Waals surface area contributed by atoms with E-state index in [0.29, 0.717) is 0 Å². The number of hydrogen-bond donors (Lipinski definition) is 1. The maximum Gasteiger partial charge on any atom is 0.246 e. The van der Waals surface area contributed by atoms with E-state index in [-0.39, 0.29) is 24.7 Å². The molecule has 1 aromatic heterocycles. The van der Waals surface area contributed by atoms with E-state index in [4.69, 9.17) is 4.74 Å². The van der Waals surface area contributed by atoms with Gasteiger partial charge in [-0.05, 0) is 35.7 Å². The normalized spacial score (nSPS) is 11.9. The van der Waals surface area contributed by atoms with Gasteiger partial charge in [0.05, 0.1) is 6.04 Å². The average molecular weight is 346 g/mol. The lowest BCUT2D eigenvalue weighted by atomic mass is 10.0. The lowest BCUT2D eigenvalue weighted by molar-refractivity contribution is -0.127. The molecule has 3 rings (SSSR count). The van der Waals surface area contributed by atoms with Crippen molar-refractivity contribution < 1.29 is 9.53 Å². The van der Waals surface area contributed by atoms with E-state index >= 15 is 0 Å². The Morgan fingerprint density at radius 3 is 1.96 bits per heavy atom. The smallest absolute Gasteiger partial charge is 0.246 e. The van der Waals surface area contributed by atoms with Gasteiger partial charge in [-0.2, -0.15) is 0 Å². The molecular formula is C22H22N2O2. The van der Waals surface area contributed by atoms with Gasteiger partial charge in [-0.15, -0.1) is 0 Å². The van der Waals surface area contributed by atoms with Gasteiger partial charge in [0, 0.05) is 12.4 Å². The van der Waals surface area contributed by atoms with Crippen LogP contribution in [0.5, 0.6) is 0 Å². The molecule has 4 nitrogen and oxygen atoms in total. The summed E-state index contributed by atoms with van der Waals surface area (Å²) in [6, 6.07) is 23.5. The molecule has 1 atom stereocenters. The van der Waals surface area contributed by atoms with Crippen molar-refractivity contribution in [3.05, 3.63) is 102 Å². The largest absolute Gasteiger partial charge is 0.359 e. The zero-order valence-electron chi connectivity index (χ0n) is 14.7. The molecule has 0 unspecified atom stereocenters. The van der Waals surface area contributed by atoms with Crippen LogP contribution in [0.3, 0.4) is 0 Å². The molecule has 1 amide bonds. The molecule has 1 heterocycles. The summed E-state index contributed by atoms with van der Waals surface area (Å²) in [4.78, 5) is 16.3. The second-order valence-corrected chi connectivity index (χ2v) is 6.08. The van der Waals surface area contributed by atoms with E-state index in [1.54, 1.807) is 12.4 Å². The molecule has 132 valence electrons. The molecule has 0 bridgehead atoms. The van der Waals surface area contributed by atoms with Crippen LogP contribution in [0.1, 0.15) is 35.8 Å². The van der Waals surface area contributed by atoms with Crippen molar-refractivity contribution in [1.82, 2.24) is 10.3 Å². The molecule has 0 saturated heterocycles. The molecule has 2 aromatic carbocycles. The monoisotopic (exact) mass is 346 g/mol. The minimum atomic E-state index is -0.278. The van der Waals surface area contributed by atoms with Crippen molar-refractivity contribution in [2.45, 2.75) is 19.1 Å². The first kappa shape index (κ1) is 17.8. The minimum Gasteiger partial charge on any atom is -0.359 e. The fourth-order valence-corrected chi connectivity index (χ4v) is 2.82. The van der Waals surface area contributed by atoms with E-state index in [2.05, 4.69) is 10.3 Å². The first-order chi connectivity index (χ1) is 12.7. The van der Waals surface area contributed by atoms with Crippen LogP contribution in [0.2, 0.25) is 0 Å². The first-order valence-electron chi connectivity index (χ1n) is 8.65. The fourth-order valence-electron chi connectivity index (χ4n) is 2.82. The molecule has 26 heavy (non-hydrogen) atoms. The van der Waals surface area contributed by atoms with Crippen LogP contribution in [0.15, 0.2) is 85.2 Å². The van der Waals surface area contributed by atoms with Crippen molar-refractivity contribution in [2.75, 3.05) is 6.61 Å². The Bertz CT molecular complexity index is 768. The quantitative estimate of drug-likeness (QED) is 0.702. The lowest BCUT2D eigenvalue weighted by Crippen LogP contribution is -2.30. The number of aromatic nitrogens is 1. The van der Waals surface area contributed by atoms with Crippen LogP contribution in [0, 0.1) is 0 Å². The van der Waals surface area contributed by atoms with Crippen molar-refractivity contribution in [3.8, 4) is 0 Å². The highest BCUT2D eigenvalue weighted by molar-refractivity contribution is 5.77. The molecule has 3 aromatic rings. The molecule has 0 fully saturated rings. The molecule has 0 aliphatic carbocycles. The van der Waals surface area contributed by atoms with Gasteiger partial charge in [-0.25, -0.2) is 0 Å². The summed E-state index contributed by atoms with van der Waals surface area (Å²) >= 11 is 0. The number of rotatable bonds is 7. The molecule has 0 radical (unpaired) electrons. The van der Waals surface area contributed by atoms with Gasteiger partial charge < -0.3 is 10.1 Å². The Labute approximate surface area is 153 Å². The van der Waals surface area contributed by atoms with E-state index in [9.17, 15) is 4.79 Å². The molecule has 0 aliphatic rings. The van der Waals surface area contributed by atoms with Crippen LogP contribution in [-0.2, 0) is 9.53 Å². The molecule has 0 aliphatic heterocycles. The standard InChI is InChI=1S/C22H22N2O2/c1-17(18-12-14-23-15-13-18)24-21(25)16-26-22(19-8-4-2-5-9-19)20-10-6-3-7-11-20/h2-15,17,22H,16H2,1H3,(H,24,25)/t17-/m0/s1.